The number of anilines is 3. The minimum absolute atomic E-state index is 0.869. The van der Waals surface area contributed by atoms with E-state index in [9.17, 15) is 0 Å². The average Bonchev–Trinajstić information content (AvgIpc) is 3.58. The van der Waals surface area contributed by atoms with Gasteiger partial charge < -0.3 is 9.32 Å². The summed E-state index contributed by atoms with van der Waals surface area (Å²) in [7, 11) is 0. The number of hydrogen-bond acceptors (Lipinski definition) is 2. The number of nitrogens with zero attached hydrogens (tertiary/aromatic N) is 1. The number of para-hydroxylation sites is 1. The van der Waals surface area contributed by atoms with E-state index in [0.29, 0.717) is 0 Å². The van der Waals surface area contributed by atoms with Crippen molar-refractivity contribution in [1.82, 2.24) is 0 Å². The molecule has 0 radical (unpaired) electrons. The summed E-state index contributed by atoms with van der Waals surface area (Å²) in [6, 6.07) is 67.6. The van der Waals surface area contributed by atoms with Crippen LogP contribution in [-0.2, 0) is 0 Å². The molecule has 0 unspecified atom stereocenters. The van der Waals surface area contributed by atoms with E-state index in [1.165, 1.54) is 54.6 Å². The molecule has 50 heavy (non-hydrogen) atoms. The topological polar surface area (TPSA) is 16.4 Å². The fraction of sp³-hybridized carbons (Fsp3) is 0. The van der Waals surface area contributed by atoms with Gasteiger partial charge >= 0.3 is 0 Å². The normalized spacial score (nSPS) is 11.6. The maximum Gasteiger partial charge on any atom is 0.137 e. The van der Waals surface area contributed by atoms with Gasteiger partial charge in [0, 0.05) is 16.5 Å². The molecule has 0 bridgehead atoms. The zero-order chi connectivity index (χ0) is 33.0. The Morgan fingerprint density at radius 2 is 0.960 bits per heavy atom. The van der Waals surface area contributed by atoms with Gasteiger partial charge in [0.05, 0.1) is 16.8 Å². The Labute approximate surface area is 290 Å². The molecular weight excluding hydrogens is 607 g/mol. The Bertz CT molecular complexity index is 2870. The van der Waals surface area contributed by atoms with Crippen molar-refractivity contribution in [2.75, 3.05) is 4.90 Å². The molecule has 0 saturated heterocycles. The van der Waals surface area contributed by atoms with Crippen LogP contribution in [0.4, 0.5) is 17.1 Å². The number of benzene rings is 9. The van der Waals surface area contributed by atoms with Crippen LogP contribution >= 0.6 is 0 Å². The third-order valence-corrected chi connectivity index (χ3v) is 10.0. The summed E-state index contributed by atoms with van der Waals surface area (Å²) >= 11 is 0. The molecule has 0 N–H and O–H groups in total. The summed E-state index contributed by atoms with van der Waals surface area (Å²) < 4.78 is 6.46. The number of hydrogen-bond donors (Lipinski definition) is 0. The van der Waals surface area contributed by atoms with Crippen LogP contribution in [0.1, 0.15) is 0 Å². The monoisotopic (exact) mass is 637 g/mol. The van der Waals surface area contributed by atoms with Gasteiger partial charge in [-0.25, -0.2) is 0 Å². The van der Waals surface area contributed by atoms with Gasteiger partial charge in [-0.1, -0.05) is 152 Å². The maximum absolute atomic E-state index is 6.46. The fourth-order valence-corrected chi connectivity index (χ4v) is 7.79. The molecule has 0 atom stereocenters. The third kappa shape index (κ3) is 4.50. The molecule has 9 aromatic carbocycles. The average molecular weight is 638 g/mol. The van der Waals surface area contributed by atoms with E-state index in [-0.39, 0.29) is 0 Å². The predicted octanol–water partition coefficient (Wildman–Crippen LogP) is 13.8. The van der Waals surface area contributed by atoms with Crippen molar-refractivity contribution in [2.45, 2.75) is 0 Å². The largest absolute Gasteiger partial charge is 0.456 e. The highest BCUT2D eigenvalue weighted by atomic mass is 16.3. The summed E-state index contributed by atoms with van der Waals surface area (Å²) in [6.07, 6.45) is 0. The van der Waals surface area contributed by atoms with E-state index in [0.717, 1.165) is 39.0 Å². The van der Waals surface area contributed by atoms with Crippen LogP contribution in [0.5, 0.6) is 0 Å². The van der Waals surface area contributed by atoms with Crippen molar-refractivity contribution in [2.24, 2.45) is 0 Å². The number of furan rings is 1. The third-order valence-electron chi connectivity index (χ3n) is 10.0. The second kappa shape index (κ2) is 11.5. The van der Waals surface area contributed by atoms with Crippen LogP contribution in [-0.4, -0.2) is 0 Å². The Hall–Kier alpha value is -6.64. The fourth-order valence-electron chi connectivity index (χ4n) is 7.79. The van der Waals surface area contributed by atoms with Crippen molar-refractivity contribution in [3.63, 3.8) is 0 Å². The smallest absolute Gasteiger partial charge is 0.137 e. The lowest BCUT2D eigenvalue weighted by atomic mass is 9.92. The van der Waals surface area contributed by atoms with E-state index in [4.69, 9.17) is 4.42 Å². The quantitative estimate of drug-likeness (QED) is 0.175. The molecule has 0 saturated carbocycles. The van der Waals surface area contributed by atoms with Crippen molar-refractivity contribution in [3.8, 4) is 22.3 Å². The molecular formula is C48H31NO. The van der Waals surface area contributed by atoms with Crippen LogP contribution in [0.2, 0.25) is 0 Å². The molecule has 1 aromatic heterocycles. The summed E-state index contributed by atoms with van der Waals surface area (Å²) in [5.41, 5.74) is 9.76. The van der Waals surface area contributed by atoms with Gasteiger partial charge in [0.2, 0.25) is 0 Å². The Morgan fingerprint density at radius 1 is 0.340 bits per heavy atom. The lowest BCUT2D eigenvalue weighted by Gasteiger charge is -2.29. The molecule has 2 heteroatoms. The van der Waals surface area contributed by atoms with Gasteiger partial charge in [-0.15, -0.1) is 0 Å². The minimum Gasteiger partial charge on any atom is -0.456 e. The first-order valence-corrected chi connectivity index (χ1v) is 17.1. The van der Waals surface area contributed by atoms with Gasteiger partial charge in [-0.05, 0) is 85.6 Å². The molecule has 0 fully saturated rings. The first kappa shape index (κ1) is 28.4. The minimum atomic E-state index is 0.869. The van der Waals surface area contributed by atoms with E-state index >= 15 is 0 Å². The second-order valence-corrected chi connectivity index (χ2v) is 12.9. The first-order valence-electron chi connectivity index (χ1n) is 17.1. The molecule has 2 nitrogen and oxygen atoms in total. The molecule has 234 valence electrons. The maximum atomic E-state index is 6.46. The number of fused-ring (bicyclic) bond motifs is 8. The molecule has 0 spiro atoms. The van der Waals surface area contributed by atoms with Crippen LogP contribution in [0, 0.1) is 0 Å². The van der Waals surface area contributed by atoms with Crippen LogP contribution in [0.15, 0.2) is 192 Å². The zero-order valence-electron chi connectivity index (χ0n) is 27.3. The Kier molecular flexibility index (Phi) is 6.53. The van der Waals surface area contributed by atoms with E-state index in [1.54, 1.807) is 0 Å². The summed E-state index contributed by atoms with van der Waals surface area (Å²) in [5, 5.41) is 9.61. The van der Waals surface area contributed by atoms with Crippen molar-refractivity contribution >= 4 is 71.3 Å². The first-order chi connectivity index (χ1) is 24.8. The molecule has 0 aliphatic heterocycles. The van der Waals surface area contributed by atoms with E-state index in [2.05, 4.69) is 187 Å². The SMILES string of the molecule is c1ccc(-c2ccc(N(c3cc4ccc5ccccc5c4c4ccccc34)c3cccc4oc5ccccc5c34)cc2-c2ccccc2)cc1. The zero-order valence-corrected chi connectivity index (χ0v) is 27.3. The Balaban J connectivity index is 1.33. The second-order valence-electron chi connectivity index (χ2n) is 12.9. The van der Waals surface area contributed by atoms with Crippen LogP contribution in [0.25, 0.3) is 76.5 Å². The predicted molar refractivity (Wildman–Crippen MR) is 212 cm³/mol. The molecule has 1 heterocycles. The van der Waals surface area contributed by atoms with Gasteiger partial charge in [0.25, 0.3) is 0 Å². The summed E-state index contributed by atoms with van der Waals surface area (Å²) in [6.45, 7) is 0. The number of rotatable bonds is 5. The lowest BCUT2D eigenvalue weighted by molar-refractivity contribution is 0.669. The van der Waals surface area contributed by atoms with Crippen LogP contribution in [0.3, 0.4) is 0 Å². The van der Waals surface area contributed by atoms with Gasteiger partial charge in [-0.2, -0.15) is 0 Å². The molecule has 0 aliphatic rings. The van der Waals surface area contributed by atoms with Gasteiger partial charge in [0.1, 0.15) is 11.2 Å². The van der Waals surface area contributed by atoms with E-state index < -0.39 is 0 Å². The van der Waals surface area contributed by atoms with Crippen molar-refractivity contribution in [3.05, 3.63) is 188 Å². The summed E-state index contributed by atoms with van der Waals surface area (Å²) in [5.74, 6) is 0. The van der Waals surface area contributed by atoms with Crippen molar-refractivity contribution < 1.29 is 4.42 Å². The highest BCUT2D eigenvalue weighted by Gasteiger charge is 2.23. The summed E-state index contributed by atoms with van der Waals surface area (Å²) in [4.78, 5) is 2.45. The van der Waals surface area contributed by atoms with Crippen molar-refractivity contribution in [1.29, 1.82) is 0 Å². The molecule has 0 amide bonds. The van der Waals surface area contributed by atoms with E-state index in [1.807, 2.05) is 6.07 Å². The van der Waals surface area contributed by atoms with Gasteiger partial charge in [0.15, 0.2) is 0 Å². The lowest BCUT2D eigenvalue weighted by Crippen LogP contribution is -2.11. The highest BCUT2D eigenvalue weighted by Crippen LogP contribution is 2.48. The highest BCUT2D eigenvalue weighted by molar-refractivity contribution is 6.24. The molecule has 0 aliphatic carbocycles. The van der Waals surface area contributed by atoms with Gasteiger partial charge in [-0.3, -0.25) is 0 Å². The Morgan fingerprint density at radius 3 is 1.76 bits per heavy atom. The standard InChI is InChI=1S/C48H31NO/c1-3-14-32(15-4-1)37-29-28-36(31-42(37)33-16-5-2-6-17-33)49(43-23-13-25-46-48(43)41-22-11-12-24-45(41)50-46)44-30-35-27-26-34-18-7-8-19-38(34)47(35)40-21-10-9-20-39(40)44/h1-31H. The molecule has 10 aromatic rings. The van der Waals surface area contributed by atoms with Crippen LogP contribution < -0.4 is 4.90 Å². The molecule has 10 rings (SSSR count).